The van der Waals surface area contributed by atoms with Crippen LogP contribution in [0.15, 0.2) is 54.6 Å². The molecule has 26 heavy (non-hydrogen) atoms. The lowest BCUT2D eigenvalue weighted by Gasteiger charge is -2.10. The van der Waals surface area contributed by atoms with E-state index >= 15 is 0 Å². The van der Waals surface area contributed by atoms with Gasteiger partial charge >= 0.3 is 0 Å². The molecule has 0 saturated heterocycles. The molecule has 0 aliphatic heterocycles. The third kappa shape index (κ3) is 4.49. The van der Waals surface area contributed by atoms with Gasteiger partial charge in [-0.05, 0) is 49.4 Å². The van der Waals surface area contributed by atoms with Gasteiger partial charge in [0.1, 0.15) is 11.4 Å². The second kappa shape index (κ2) is 7.84. The number of rotatable bonds is 5. The van der Waals surface area contributed by atoms with Gasteiger partial charge in [0.05, 0.1) is 7.11 Å². The predicted octanol–water partition coefficient (Wildman–Crippen LogP) is 4.44. The lowest BCUT2D eigenvalue weighted by molar-refractivity contribution is 0.102. The summed E-state index contributed by atoms with van der Waals surface area (Å²) in [6.45, 7) is 1.80. The highest BCUT2D eigenvalue weighted by Crippen LogP contribution is 2.20. The normalized spacial score (nSPS) is 10.3. The molecule has 0 aliphatic carbocycles. The van der Waals surface area contributed by atoms with Crippen molar-refractivity contribution in [3.8, 4) is 5.75 Å². The zero-order chi connectivity index (χ0) is 18.5. The van der Waals surface area contributed by atoms with Gasteiger partial charge in [0, 0.05) is 28.2 Å². The number of carbonyl (C=O) groups excluding carboxylic acids is 1. The van der Waals surface area contributed by atoms with Crippen LogP contribution in [-0.2, 0) is 0 Å². The summed E-state index contributed by atoms with van der Waals surface area (Å²) < 4.78 is 5.20. The van der Waals surface area contributed by atoms with Crippen molar-refractivity contribution in [3.05, 3.63) is 71.0 Å². The van der Waals surface area contributed by atoms with Gasteiger partial charge in [-0.1, -0.05) is 17.7 Å². The Labute approximate surface area is 156 Å². The second-order valence-electron chi connectivity index (χ2n) is 5.54. The van der Waals surface area contributed by atoms with E-state index in [-0.39, 0.29) is 11.6 Å². The highest BCUT2D eigenvalue weighted by Gasteiger charge is 2.11. The summed E-state index contributed by atoms with van der Waals surface area (Å²) in [4.78, 5) is 21.1. The summed E-state index contributed by atoms with van der Waals surface area (Å²) in [6, 6.07) is 15.9. The minimum absolute atomic E-state index is 0.262. The molecule has 2 aromatic carbocycles. The van der Waals surface area contributed by atoms with Crippen molar-refractivity contribution < 1.29 is 9.53 Å². The molecule has 3 rings (SSSR count). The largest absolute Gasteiger partial charge is 0.497 e. The highest BCUT2D eigenvalue weighted by atomic mass is 35.5. The number of hydrogen-bond donors (Lipinski definition) is 2. The maximum atomic E-state index is 12.5. The number of nitrogens with one attached hydrogen (secondary N) is 2. The van der Waals surface area contributed by atoms with Crippen molar-refractivity contribution in [2.45, 2.75) is 6.92 Å². The Morgan fingerprint density at radius 3 is 2.54 bits per heavy atom. The van der Waals surface area contributed by atoms with Crippen LogP contribution in [-0.4, -0.2) is 23.0 Å². The second-order valence-corrected chi connectivity index (χ2v) is 5.97. The lowest BCUT2D eigenvalue weighted by atomic mass is 10.3. The van der Waals surface area contributed by atoms with E-state index in [9.17, 15) is 4.79 Å². The topological polar surface area (TPSA) is 76.1 Å². The first-order valence-corrected chi connectivity index (χ1v) is 8.25. The SMILES string of the molecule is COc1cccc(Nc2nc(C)cc(C(=O)Nc3ccc(Cl)cc3)n2)c1. The zero-order valence-corrected chi connectivity index (χ0v) is 15.0. The first-order chi connectivity index (χ1) is 12.5. The smallest absolute Gasteiger partial charge is 0.274 e. The fourth-order valence-corrected chi connectivity index (χ4v) is 2.43. The van der Waals surface area contributed by atoms with Crippen LogP contribution in [0, 0.1) is 6.92 Å². The molecule has 1 amide bonds. The van der Waals surface area contributed by atoms with Crippen molar-refractivity contribution >= 4 is 34.8 Å². The number of benzene rings is 2. The standard InChI is InChI=1S/C19H17ClN4O2/c1-12-10-17(18(25)22-14-8-6-13(20)7-9-14)24-19(21-12)23-15-4-3-5-16(11-15)26-2/h3-11H,1-2H3,(H,22,25)(H,21,23,24). The van der Waals surface area contributed by atoms with Gasteiger partial charge in [-0.15, -0.1) is 0 Å². The molecule has 0 aliphatic rings. The van der Waals surface area contributed by atoms with E-state index in [0.717, 1.165) is 5.69 Å². The number of halogens is 1. The highest BCUT2D eigenvalue weighted by molar-refractivity contribution is 6.30. The number of ether oxygens (including phenoxy) is 1. The van der Waals surface area contributed by atoms with Crippen LogP contribution in [0.5, 0.6) is 5.75 Å². The molecule has 132 valence electrons. The summed E-state index contributed by atoms with van der Waals surface area (Å²) in [5.41, 5.74) is 2.33. The molecule has 0 bridgehead atoms. The summed E-state index contributed by atoms with van der Waals surface area (Å²) >= 11 is 5.85. The van der Waals surface area contributed by atoms with Crippen molar-refractivity contribution in [2.75, 3.05) is 17.7 Å². The minimum Gasteiger partial charge on any atom is -0.497 e. The maximum absolute atomic E-state index is 12.5. The van der Waals surface area contributed by atoms with Crippen LogP contribution in [0.1, 0.15) is 16.2 Å². The molecule has 0 fully saturated rings. The van der Waals surface area contributed by atoms with Gasteiger partial charge < -0.3 is 15.4 Å². The average molecular weight is 369 g/mol. The molecule has 2 N–H and O–H groups in total. The van der Waals surface area contributed by atoms with Gasteiger partial charge in [-0.2, -0.15) is 0 Å². The van der Waals surface area contributed by atoms with Gasteiger partial charge in [0.25, 0.3) is 5.91 Å². The molecule has 3 aromatic rings. The van der Waals surface area contributed by atoms with E-state index < -0.39 is 0 Å². The molecule has 7 heteroatoms. The number of aromatic nitrogens is 2. The van der Waals surface area contributed by atoms with Gasteiger partial charge in [-0.3, -0.25) is 4.79 Å². The summed E-state index contributed by atoms with van der Waals surface area (Å²) in [5.74, 6) is 0.717. The fraction of sp³-hybridized carbons (Fsp3) is 0.105. The van der Waals surface area contributed by atoms with Crippen molar-refractivity contribution in [1.82, 2.24) is 9.97 Å². The van der Waals surface area contributed by atoms with Crippen molar-refractivity contribution in [3.63, 3.8) is 0 Å². The fourth-order valence-electron chi connectivity index (χ4n) is 2.30. The van der Waals surface area contributed by atoms with Gasteiger partial charge in [0.15, 0.2) is 0 Å². The van der Waals surface area contributed by atoms with Crippen LogP contribution in [0.3, 0.4) is 0 Å². The van der Waals surface area contributed by atoms with Gasteiger partial charge in [0.2, 0.25) is 5.95 Å². The first-order valence-electron chi connectivity index (χ1n) is 7.87. The van der Waals surface area contributed by atoms with Crippen LogP contribution < -0.4 is 15.4 Å². The molecule has 0 spiro atoms. The monoisotopic (exact) mass is 368 g/mol. The predicted molar refractivity (Wildman–Crippen MR) is 102 cm³/mol. The Balaban J connectivity index is 1.80. The number of carbonyl (C=O) groups is 1. The first kappa shape index (κ1) is 17.7. The zero-order valence-electron chi connectivity index (χ0n) is 14.3. The Morgan fingerprint density at radius 2 is 1.81 bits per heavy atom. The minimum atomic E-state index is -0.327. The van der Waals surface area contributed by atoms with E-state index in [1.165, 1.54) is 0 Å². The lowest BCUT2D eigenvalue weighted by Crippen LogP contribution is -2.15. The van der Waals surface area contributed by atoms with E-state index in [1.54, 1.807) is 44.4 Å². The third-order valence-electron chi connectivity index (χ3n) is 3.51. The van der Waals surface area contributed by atoms with Crippen molar-refractivity contribution in [1.29, 1.82) is 0 Å². The van der Waals surface area contributed by atoms with Crippen LogP contribution in [0.4, 0.5) is 17.3 Å². The number of nitrogens with zero attached hydrogens (tertiary/aromatic N) is 2. The molecule has 1 aromatic heterocycles. The number of aryl methyl sites for hydroxylation is 1. The summed E-state index contributed by atoms with van der Waals surface area (Å²) in [5, 5.41) is 6.48. The molecular formula is C19H17ClN4O2. The molecule has 1 heterocycles. The van der Waals surface area contributed by atoms with Crippen LogP contribution in [0.25, 0.3) is 0 Å². The Kier molecular flexibility index (Phi) is 5.34. The summed E-state index contributed by atoms with van der Waals surface area (Å²) in [7, 11) is 1.60. The Bertz CT molecular complexity index is 929. The van der Waals surface area contributed by atoms with E-state index in [1.807, 2.05) is 24.3 Å². The van der Waals surface area contributed by atoms with Gasteiger partial charge in [-0.25, -0.2) is 9.97 Å². The molecule has 6 nitrogen and oxygen atoms in total. The van der Waals surface area contributed by atoms with E-state index in [0.29, 0.717) is 28.1 Å². The quantitative estimate of drug-likeness (QED) is 0.696. The molecule has 0 radical (unpaired) electrons. The third-order valence-corrected chi connectivity index (χ3v) is 3.77. The average Bonchev–Trinajstić information content (AvgIpc) is 2.63. The Hall–Kier alpha value is -3.12. The molecule has 0 atom stereocenters. The number of hydrogen-bond acceptors (Lipinski definition) is 5. The van der Waals surface area contributed by atoms with Crippen LogP contribution >= 0.6 is 11.6 Å². The molecule has 0 unspecified atom stereocenters. The number of methoxy groups -OCH3 is 1. The molecule has 0 saturated carbocycles. The van der Waals surface area contributed by atoms with E-state index in [4.69, 9.17) is 16.3 Å². The van der Waals surface area contributed by atoms with Crippen molar-refractivity contribution in [2.24, 2.45) is 0 Å². The maximum Gasteiger partial charge on any atom is 0.274 e. The molecular weight excluding hydrogens is 352 g/mol. The number of anilines is 3. The summed E-state index contributed by atoms with van der Waals surface area (Å²) in [6.07, 6.45) is 0. The Morgan fingerprint density at radius 1 is 1.04 bits per heavy atom. The number of amides is 1. The van der Waals surface area contributed by atoms with Crippen LogP contribution in [0.2, 0.25) is 5.02 Å². The van der Waals surface area contributed by atoms with E-state index in [2.05, 4.69) is 20.6 Å².